The molecular weight excluding hydrogens is 396 g/mol. The minimum absolute atomic E-state index is 0.0507. The zero-order valence-electron chi connectivity index (χ0n) is 15.0. The third kappa shape index (κ3) is 4.47. The van der Waals surface area contributed by atoms with E-state index in [-0.39, 0.29) is 6.61 Å². The van der Waals surface area contributed by atoms with E-state index >= 15 is 0 Å². The lowest BCUT2D eigenvalue weighted by Gasteiger charge is -2.06. The van der Waals surface area contributed by atoms with E-state index < -0.39 is 5.97 Å². The van der Waals surface area contributed by atoms with Crippen LogP contribution in [0.25, 0.3) is 10.8 Å². The van der Waals surface area contributed by atoms with Crippen molar-refractivity contribution in [2.45, 2.75) is 20.1 Å². The first kappa shape index (κ1) is 18.4. The maximum atomic E-state index is 12.2. The molecule has 0 saturated carbocycles. The number of thiophene rings is 1. The highest BCUT2D eigenvalue weighted by molar-refractivity contribution is 7.13. The molecule has 0 spiro atoms. The molecule has 0 amide bonds. The van der Waals surface area contributed by atoms with Crippen molar-refractivity contribution in [2.75, 3.05) is 0 Å². The second-order valence-electron chi connectivity index (χ2n) is 5.87. The molecule has 142 valence electrons. The summed E-state index contributed by atoms with van der Waals surface area (Å²) in [6.07, 6.45) is 1.50. The zero-order valence-corrected chi connectivity index (χ0v) is 16.6. The lowest BCUT2D eigenvalue weighted by Crippen LogP contribution is -2.05. The molecule has 8 heteroatoms. The molecule has 0 aliphatic heterocycles. The number of hydrogen-bond acceptors (Lipinski definition) is 8. The summed E-state index contributed by atoms with van der Waals surface area (Å²) in [6.45, 7) is 2.40. The number of esters is 1. The van der Waals surface area contributed by atoms with Gasteiger partial charge in [0.15, 0.2) is 0 Å². The third-order valence-electron chi connectivity index (χ3n) is 3.78. The summed E-state index contributed by atoms with van der Waals surface area (Å²) in [4.78, 5) is 21.8. The molecule has 4 aromatic rings. The van der Waals surface area contributed by atoms with Gasteiger partial charge in [-0.3, -0.25) is 0 Å². The molecule has 1 aromatic carbocycles. The standard InChI is InChI=1S/C20H16N2O4S2/c1-13-21-16(12-28-13)11-24-17-6-4-14(5-7-17)20(23)26-10-15-9-25-19(22-15)18-3-2-8-27-18/h2-9,12H,10-11H2,1H3. The van der Waals surface area contributed by atoms with Crippen LogP contribution in [0.15, 0.2) is 57.8 Å². The maximum Gasteiger partial charge on any atom is 0.338 e. The minimum atomic E-state index is -0.428. The van der Waals surface area contributed by atoms with Crippen LogP contribution in [0, 0.1) is 6.92 Å². The Morgan fingerprint density at radius 2 is 1.93 bits per heavy atom. The molecule has 0 aliphatic carbocycles. The second-order valence-corrected chi connectivity index (χ2v) is 7.88. The summed E-state index contributed by atoms with van der Waals surface area (Å²) in [7, 11) is 0. The van der Waals surface area contributed by atoms with Gasteiger partial charge in [-0.15, -0.1) is 22.7 Å². The van der Waals surface area contributed by atoms with Crippen LogP contribution in [0.4, 0.5) is 0 Å². The van der Waals surface area contributed by atoms with Gasteiger partial charge in [-0.2, -0.15) is 0 Å². The number of thiazole rings is 1. The number of oxazole rings is 1. The van der Waals surface area contributed by atoms with Gasteiger partial charge in [-0.05, 0) is 42.6 Å². The van der Waals surface area contributed by atoms with Gasteiger partial charge in [0.1, 0.15) is 30.9 Å². The molecular formula is C20H16N2O4S2. The molecule has 0 saturated heterocycles. The van der Waals surface area contributed by atoms with Crippen molar-refractivity contribution in [3.8, 4) is 16.5 Å². The summed E-state index contributed by atoms with van der Waals surface area (Å²) in [5, 5.41) is 4.92. The Morgan fingerprint density at radius 3 is 2.64 bits per heavy atom. The molecule has 0 fully saturated rings. The lowest BCUT2D eigenvalue weighted by atomic mass is 10.2. The van der Waals surface area contributed by atoms with Gasteiger partial charge in [-0.25, -0.2) is 14.8 Å². The molecule has 3 heterocycles. The summed E-state index contributed by atoms with van der Waals surface area (Å²) >= 11 is 3.12. The molecule has 3 aromatic heterocycles. The van der Waals surface area contributed by atoms with Crippen molar-refractivity contribution >= 4 is 28.6 Å². The van der Waals surface area contributed by atoms with Crippen LogP contribution in [-0.2, 0) is 18.0 Å². The van der Waals surface area contributed by atoms with Crippen LogP contribution in [0.5, 0.6) is 5.75 Å². The average Bonchev–Trinajstić information content (AvgIpc) is 3.46. The first-order chi connectivity index (χ1) is 13.7. The molecule has 0 bridgehead atoms. The number of hydrogen-bond donors (Lipinski definition) is 0. The molecule has 0 N–H and O–H groups in total. The number of ether oxygens (including phenoxy) is 2. The number of aromatic nitrogens is 2. The Kier molecular flexibility index (Phi) is 5.50. The van der Waals surface area contributed by atoms with Crippen molar-refractivity contribution in [3.05, 3.63) is 75.4 Å². The van der Waals surface area contributed by atoms with Gasteiger partial charge in [0.25, 0.3) is 0 Å². The van der Waals surface area contributed by atoms with E-state index in [9.17, 15) is 4.79 Å². The third-order valence-corrected chi connectivity index (χ3v) is 5.46. The number of carbonyl (C=O) groups is 1. The minimum Gasteiger partial charge on any atom is -0.487 e. The van der Waals surface area contributed by atoms with Gasteiger partial charge in [0, 0.05) is 5.38 Å². The highest BCUT2D eigenvalue weighted by atomic mass is 32.1. The second kappa shape index (κ2) is 8.37. The Bertz CT molecular complexity index is 1050. The average molecular weight is 412 g/mol. The van der Waals surface area contributed by atoms with Crippen molar-refractivity contribution in [2.24, 2.45) is 0 Å². The highest BCUT2D eigenvalue weighted by Crippen LogP contribution is 2.24. The summed E-state index contributed by atoms with van der Waals surface area (Å²) < 4.78 is 16.4. The largest absolute Gasteiger partial charge is 0.487 e. The predicted octanol–water partition coefficient (Wildman–Crippen LogP) is 5.10. The Balaban J connectivity index is 1.30. The SMILES string of the molecule is Cc1nc(COc2ccc(C(=O)OCc3coc(-c4cccs4)n3)cc2)cs1. The Hall–Kier alpha value is -2.97. The van der Waals surface area contributed by atoms with Crippen LogP contribution in [0.3, 0.4) is 0 Å². The fourth-order valence-electron chi connectivity index (χ4n) is 2.43. The Labute approximate surface area is 169 Å². The van der Waals surface area contributed by atoms with E-state index in [1.807, 2.05) is 29.8 Å². The fraction of sp³-hybridized carbons (Fsp3) is 0.150. The van der Waals surface area contributed by atoms with Crippen LogP contribution < -0.4 is 4.74 Å². The maximum absolute atomic E-state index is 12.2. The van der Waals surface area contributed by atoms with E-state index in [1.54, 1.807) is 35.6 Å². The van der Waals surface area contributed by atoms with Gasteiger partial charge in [0.2, 0.25) is 5.89 Å². The lowest BCUT2D eigenvalue weighted by molar-refractivity contribution is 0.0467. The predicted molar refractivity (Wildman–Crippen MR) is 107 cm³/mol. The highest BCUT2D eigenvalue weighted by Gasteiger charge is 2.12. The summed E-state index contributed by atoms with van der Waals surface area (Å²) in [6, 6.07) is 10.7. The van der Waals surface area contributed by atoms with Gasteiger partial charge in [-0.1, -0.05) is 6.07 Å². The molecule has 0 unspecified atom stereocenters. The van der Waals surface area contributed by atoms with Gasteiger partial charge < -0.3 is 13.9 Å². The van der Waals surface area contributed by atoms with Crippen molar-refractivity contribution in [1.29, 1.82) is 0 Å². The van der Waals surface area contributed by atoms with Gasteiger partial charge >= 0.3 is 5.97 Å². The number of benzene rings is 1. The summed E-state index contributed by atoms with van der Waals surface area (Å²) in [5.74, 6) is 0.763. The van der Waals surface area contributed by atoms with Crippen LogP contribution in [0.2, 0.25) is 0 Å². The van der Waals surface area contributed by atoms with Crippen molar-refractivity contribution in [3.63, 3.8) is 0 Å². The molecule has 4 rings (SSSR count). The molecule has 0 aliphatic rings. The number of rotatable bonds is 7. The van der Waals surface area contributed by atoms with E-state index in [1.165, 1.54) is 17.6 Å². The normalized spacial score (nSPS) is 10.8. The van der Waals surface area contributed by atoms with Crippen molar-refractivity contribution in [1.82, 2.24) is 9.97 Å². The summed E-state index contributed by atoms with van der Waals surface area (Å²) in [5.41, 5.74) is 1.90. The van der Waals surface area contributed by atoms with Crippen LogP contribution in [0.1, 0.15) is 26.8 Å². The molecule has 0 radical (unpaired) electrons. The molecule has 0 atom stereocenters. The Morgan fingerprint density at radius 1 is 1.07 bits per heavy atom. The topological polar surface area (TPSA) is 74.5 Å². The van der Waals surface area contributed by atoms with Crippen LogP contribution in [-0.4, -0.2) is 15.9 Å². The van der Waals surface area contributed by atoms with E-state index in [4.69, 9.17) is 13.9 Å². The van der Waals surface area contributed by atoms with E-state index in [2.05, 4.69) is 9.97 Å². The fourth-order valence-corrected chi connectivity index (χ4v) is 3.68. The van der Waals surface area contributed by atoms with Crippen LogP contribution >= 0.6 is 22.7 Å². The first-order valence-corrected chi connectivity index (χ1v) is 10.2. The molecule has 6 nitrogen and oxygen atoms in total. The number of carbonyl (C=O) groups excluding carboxylic acids is 1. The number of aryl methyl sites for hydroxylation is 1. The quantitative estimate of drug-likeness (QED) is 0.393. The van der Waals surface area contributed by atoms with E-state index in [0.29, 0.717) is 29.5 Å². The van der Waals surface area contributed by atoms with Crippen molar-refractivity contribution < 1.29 is 18.7 Å². The van der Waals surface area contributed by atoms with Gasteiger partial charge in [0.05, 0.1) is 21.1 Å². The first-order valence-electron chi connectivity index (χ1n) is 8.46. The number of nitrogens with zero attached hydrogens (tertiary/aromatic N) is 2. The molecule has 28 heavy (non-hydrogen) atoms. The smallest absolute Gasteiger partial charge is 0.338 e. The monoisotopic (exact) mass is 412 g/mol. The zero-order chi connectivity index (χ0) is 19.3. The van der Waals surface area contributed by atoms with E-state index in [0.717, 1.165) is 15.6 Å².